The number of halogens is 1. The average Bonchev–Trinajstić information content (AvgIpc) is 3.06. The molecule has 0 spiro atoms. The van der Waals surface area contributed by atoms with E-state index < -0.39 is 0 Å². The maximum absolute atomic E-state index is 12.0. The highest BCUT2D eigenvalue weighted by molar-refractivity contribution is 5.92. The lowest BCUT2D eigenvalue weighted by Crippen LogP contribution is -2.34. The van der Waals surface area contributed by atoms with Crippen LogP contribution in [-0.4, -0.2) is 36.3 Å². The quantitative estimate of drug-likeness (QED) is 0.786. The number of aliphatic hydroxyl groups excluding tert-OH is 1. The Morgan fingerprint density at radius 3 is 2.57 bits per heavy atom. The molecule has 1 saturated heterocycles. The summed E-state index contributed by atoms with van der Waals surface area (Å²) < 4.78 is 5.85. The van der Waals surface area contributed by atoms with Crippen molar-refractivity contribution in [2.45, 2.75) is 44.3 Å². The van der Waals surface area contributed by atoms with Gasteiger partial charge in [-0.1, -0.05) is 6.42 Å². The molecule has 128 valence electrons. The van der Waals surface area contributed by atoms with Crippen LogP contribution in [0, 0.1) is 5.92 Å². The van der Waals surface area contributed by atoms with Crippen molar-refractivity contribution in [3.63, 3.8) is 0 Å². The molecule has 1 aliphatic heterocycles. The van der Waals surface area contributed by atoms with Gasteiger partial charge < -0.3 is 20.5 Å². The number of benzene rings is 1. The molecule has 3 N–H and O–H groups in total. The zero-order valence-corrected chi connectivity index (χ0v) is 14.0. The van der Waals surface area contributed by atoms with Gasteiger partial charge in [0.2, 0.25) is 5.91 Å². The first-order valence-corrected chi connectivity index (χ1v) is 8.19. The van der Waals surface area contributed by atoms with Crippen molar-refractivity contribution >= 4 is 24.0 Å². The summed E-state index contributed by atoms with van der Waals surface area (Å²) in [6, 6.07) is 7.41. The van der Waals surface area contributed by atoms with Crippen LogP contribution in [0.2, 0.25) is 0 Å². The molecule has 1 amide bonds. The summed E-state index contributed by atoms with van der Waals surface area (Å²) in [5, 5.41) is 16.1. The lowest BCUT2D eigenvalue weighted by Gasteiger charge is -2.28. The number of nitrogens with one attached hydrogen (secondary N) is 2. The summed E-state index contributed by atoms with van der Waals surface area (Å²) in [5.41, 5.74) is 0.786. The summed E-state index contributed by atoms with van der Waals surface area (Å²) >= 11 is 0. The lowest BCUT2D eigenvalue weighted by molar-refractivity contribution is -0.119. The van der Waals surface area contributed by atoms with Crippen molar-refractivity contribution in [1.82, 2.24) is 5.32 Å². The molecule has 1 aliphatic carbocycles. The molecular weight excluding hydrogens is 316 g/mol. The first kappa shape index (κ1) is 18.0. The third-order valence-corrected chi connectivity index (χ3v) is 4.51. The van der Waals surface area contributed by atoms with Crippen molar-refractivity contribution in [2.75, 3.05) is 18.4 Å². The van der Waals surface area contributed by atoms with E-state index in [1.807, 2.05) is 24.3 Å². The average molecular weight is 341 g/mol. The minimum Gasteiger partial charge on any atom is -0.488 e. The van der Waals surface area contributed by atoms with Gasteiger partial charge in [0.05, 0.1) is 12.0 Å². The molecule has 2 unspecified atom stereocenters. The van der Waals surface area contributed by atoms with E-state index in [0.717, 1.165) is 56.6 Å². The predicted octanol–water partition coefficient (Wildman–Crippen LogP) is 2.34. The molecule has 23 heavy (non-hydrogen) atoms. The van der Waals surface area contributed by atoms with Crippen LogP contribution in [0.25, 0.3) is 0 Å². The van der Waals surface area contributed by atoms with Crippen LogP contribution >= 0.6 is 12.4 Å². The Hall–Kier alpha value is -1.30. The Bertz CT molecular complexity index is 503. The predicted molar refractivity (Wildman–Crippen MR) is 92.2 cm³/mol. The molecule has 5 nitrogen and oxygen atoms in total. The van der Waals surface area contributed by atoms with Crippen molar-refractivity contribution in [3.05, 3.63) is 24.3 Å². The number of anilines is 1. The second kappa shape index (κ2) is 8.52. The van der Waals surface area contributed by atoms with Crippen LogP contribution in [0.3, 0.4) is 0 Å². The fourth-order valence-corrected chi connectivity index (χ4v) is 3.13. The Balaban J connectivity index is 0.00000192. The second-order valence-corrected chi connectivity index (χ2v) is 6.21. The summed E-state index contributed by atoms with van der Waals surface area (Å²) in [5.74, 6) is 0.876. The first-order valence-electron chi connectivity index (χ1n) is 8.19. The van der Waals surface area contributed by atoms with Gasteiger partial charge >= 0.3 is 0 Å². The molecule has 2 aliphatic rings. The Labute approximate surface area is 143 Å². The van der Waals surface area contributed by atoms with Crippen LogP contribution < -0.4 is 15.4 Å². The van der Waals surface area contributed by atoms with Gasteiger partial charge in [0.1, 0.15) is 11.9 Å². The molecule has 0 radical (unpaired) electrons. The fourth-order valence-electron chi connectivity index (χ4n) is 3.13. The summed E-state index contributed by atoms with van der Waals surface area (Å²) in [4.78, 5) is 12.0. The molecule has 0 bridgehead atoms. The van der Waals surface area contributed by atoms with Gasteiger partial charge in [-0.05, 0) is 56.5 Å². The van der Waals surface area contributed by atoms with E-state index in [1.54, 1.807) is 0 Å². The second-order valence-electron chi connectivity index (χ2n) is 6.21. The number of hydrogen-bond acceptors (Lipinski definition) is 4. The van der Waals surface area contributed by atoms with E-state index in [4.69, 9.17) is 4.74 Å². The highest BCUT2D eigenvalue weighted by Gasteiger charge is 2.25. The topological polar surface area (TPSA) is 70.6 Å². The maximum Gasteiger partial charge on any atom is 0.228 e. The molecule has 0 aromatic heterocycles. The van der Waals surface area contributed by atoms with Gasteiger partial charge in [0.15, 0.2) is 0 Å². The zero-order chi connectivity index (χ0) is 15.4. The monoisotopic (exact) mass is 340 g/mol. The molecule has 1 heterocycles. The normalized spacial score (nSPS) is 27.1. The Kier molecular flexibility index (Phi) is 6.69. The molecular formula is C17H25ClN2O3. The number of rotatable bonds is 4. The van der Waals surface area contributed by atoms with E-state index in [0.29, 0.717) is 0 Å². The van der Waals surface area contributed by atoms with Crippen LogP contribution in [0.15, 0.2) is 24.3 Å². The number of hydrogen-bond donors (Lipinski definition) is 3. The van der Waals surface area contributed by atoms with Gasteiger partial charge in [-0.3, -0.25) is 4.79 Å². The van der Waals surface area contributed by atoms with Gasteiger partial charge in [0.25, 0.3) is 0 Å². The van der Waals surface area contributed by atoms with Crippen LogP contribution in [-0.2, 0) is 4.79 Å². The summed E-state index contributed by atoms with van der Waals surface area (Å²) in [6.45, 7) is 1.67. The van der Waals surface area contributed by atoms with Crippen LogP contribution in [0.1, 0.15) is 32.1 Å². The third kappa shape index (κ3) is 4.83. The third-order valence-electron chi connectivity index (χ3n) is 4.51. The van der Waals surface area contributed by atoms with Gasteiger partial charge in [-0.2, -0.15) is 0 Å². The molecule has 1 aromatic carbocycles. The van der Waals surface area contributed by atoms with E-state index in [2.05, 4.69) is 10.6 Å². The smallest absolute Gasteiger partial charge is 0.228 e. The maximum atomic E-state index is 12.0. The number of ether oxygens (including phenoxy) is 1. The van der Waals surface area contributed by atoms with Gasteiger partial charge in [0, 0.05) is 12.2 Å². The number of amides is 1. The highest BCUT2D eigenvalue weighted by atomic mass is 35.5. The standard InChI is InChI=1S/C17H24N2O3.ClH/c20-15-3-1-2-4-16(15)22-14-7-5-13(6-8-14)19-17(21)12-9-10-18-11-12;/h5-8,12,15-16,18,20H,1-4,9-11H2,(H,19,21);1H/t12-,15?,16?;/m0./s1. The van der Waals surface area contributed by atoms with E-state index in [-0.39, 0.29) is 36.4 Å². The first-order chi connectivity index (χ1) is 10.7. The zero-order valence-electron chi connectivity index (χ0n) is 13.2. The van der Waals surface area contributed by atoms with Crippen molar-refractivity contribution < 1.29 is 14.6 Å². The Morgan fingerprint density at radius 2 is 1.91 bits per heavy atom. The minimum atomic E-state index is -0.372. The largest absolute Gasteiger partial charge is 0.488 e. The van der Waals surface area contributed by atoms with Crippen molar-refractivity contribution in [2.24, 2.45) is 5.92 Å². The van der Waals surface area contributed by atoms with Crippen LogP contribution in [0.4, 0.5) is 5.69 Å². The highest BCUT2D eigenvalue weighted by Crippen LogP contribution is 2.25. The minimum absolute atomic E-state index is 0. The molecule has 2 fully saturated rings. The molecule has 3 rings (SSSR count). The van der Waals surface area contributed by atoms with Crippen LogP contribution in [0.5, 0.6) is 5.75 Å². The van der Waals surface area contributed by atoms with Gasteiger partial charge in [-0.25, -0.2) is 0 Å². The van der Waals surface area contributed by atoms with Crippen molar-refractivity contribution in [3.8, 4) is 5.75 Å². The van der Waals surface area contributed by atoms with Gasteiger partial charge in [-0.15, -0.1) is 12.4 Å². The van der Waals surface area contributed by atoms with E-state index >= 15 is 0 Å². The number of carbonyl (C=O) groups excluding carboxylic acids is 1. The van der Waals surface area contributed by atoms with E-state index in [9.17, 15) is 9.90 Å². The summed E-state index contributed by atoms with van der Waals surface area (Å²) in [7, 11) is 0. The molecule has 3 atom stereocenters. The fraction of sp³-hybridized carbons (Fsp3) is 0.588. The van der Waals surface area contributed by atoms with E-state index in [1.165, 1.54) is 0 Å². The molecule has 1 aromatic rings. The Morgan fingerprint density at radius 1 is 1.17 bits per heavy atom. The SMILES string of the molecule is Cl.O=C(Nc1ccc(OC2CCCCC2O)cc1)[C@H]1CCNC1. The number of carbonyl (C=O) groups is 1. The lowest BCUT2D eigenvalue weighted by atomic mass is 9.95. The van der Waals surface area contributed by atoms with Crippen molar-refractivity contribution in [1.29, 1.82) is 0 Å². The number of aliphatic hydroxyl groups is 1. The molecule has 1 saturated carbocycles. The summed E-state index contributed by atoms with van der Waals surface area (Å²) in [6.07, 6.45) is 4.30. The molecule has 6 heteroatoms.